The molecule has 1 aliphatic rings. The van der Waals surface area contributed by atoms with E-state index in [0.29, 0.717) is 6.54 Å². The Hall–Kier alpha value is -3.12. The van der Waals surface area contributed by atoms with Gasteiger partial charge in [-0.25, -0.2) is 4.98 Å². The Balaban J connectivity index is 1.13. The fraction of sp³-hybridized carbons (Fsp3) is 0.304. The second-order valence-electron chi connectivity index (χ2n) is 7.83. The molecule has 0 bridgehead atoms. The Morgan fingerprint density at radius 1 is 1.07 bits per heavy atom. The van der Waals surface area contributed by atoms with Crippen LogP contribution in [0.1, 0.15) is 24.2 Å². The number of carbonyl (C=O) groups is 1. The molecule has 1 fully saturated rings. The van der Waals surface area contributed by atoms with Gasteiger partial charge in [0.05, 0.1) is 17.6 Å². The highest BCUT2D eigenvalue weighted by molar-refractivity contribution is 5.83. The molecule has 1 amide bonds. The molecule has 0 spiro atoms. The molecule has 0 radical (unpaired) electrons. The number of hydrogen-bond acceptors (Lipinski definition) is 3. The van der Waals surface area contributed by atoms with E-state index in [0.717, 1.165) is 49.3 Å². The Labute approximate surface area is 169 Å². The molecule has 6 nitrogen and oxygen atoms in total. The monoisotopic (exact) mass is 387 g/mol. The standard InChI is InChI=1S/C23H25N5O/c29-23(25-14-22-26-20-7-3-4-8-21(20)27-22)16-9-11-28(12-10-16)15-17-13-24-19-6-2-1-5-18(17)19/h1-8,13,16,24H,9-12,14-15H2,(H,25,29)(H,26,27). The van der Waals surface area contributed by atoms with Gasteiger partial charge >= 0.3 is 0 Å². The van der Waals surface area contributed by atoms with Crippen LogP contribution >= 0.6 is 0 Å². The number of H-pyrrole nitrogens is 2. The number of aromatic nitrogens is 3. The summed E-state index contributed by atoms with van der Waals surface area (Å²) >= 11 is 0. The van der Waals surface area contributed by atoms with Gasteiger partial charge in [-0.1, -0.05) is 30.3 Å². The number of imidazole rings is 1. The van der Waals surface area contributed by atoms with Crippen molar-refractivity contribution in [2.24, 2.45) is 5.92 Å². The molecule has 3 heterocycles. The molecule has 1 saturated heterocycles. The smallest absolute Gasteiger partial charge is 0.223 e. The average Bonchev–Trinajstić information content (AvgIpc) is 3.36. The van der Waals surface area contributed by atoms with Crippen molar-refractivity contribution < 1.29 is 4.79 Å². The van der Waals surface area contributed by atoms with Crippen LogP contribution in [0.5, 0.6) is 0 Å². The topological polar surface area (TPSA) is 76.8 Å². The molecule has 2 aromatic carbocycles. The van der Waals surface area contributed by atoms with Crippen LogP contribution < -0.4 is 5.32 Å². The molecular weight excluding hydrogens is 362 g/mol. The zero-order valence-corrected chi connectivity index (χ0v) is 16.3. The largest absolute Gasteiger partial charge is 0.361 e. The van der Waals surface area contributed by atoms with E-state index in [9.17, 15) is 4.79 Å². The summed E-state index contributed by atoms with van der Waals surface area (Å²) in [7, 11) is 0. The normalized spacial score (nSPS) is 15.9. The van der Waals surface area contributed by atoms with E-state index in [4.69, 9.17) is 0 Å². The highest BCUT2D eigenvalue weighted by Gasteiger charge is 2.25. The maximum atomic E-state index is 12.6. The molecule has 1 aliphatic heterocycles. The molecule has 148 valence electrons. The van der Waals surface area contributed by atoms with Crippen LogP contribution in [-0.4, -0.2) is 38.8 Å². The Bertz CT molecular complexity index is 1100. The van der Waals surface area contributed by atoms with Crippen molar-refractivity contribution in [3.63, 3.8) is 0 Å². The third kappa shape index (κ3) is 3.76. The molecular formula is C23H25N5O. The lowest BCUT2D eigenvalue weighted by atomic mass is 9.95. The maximum absolute atomic E-state index is 12.6. The van der Waals surface area contributed by atoms with Gasteiger partial charge in [-0.15, -0.1) is 0 Å². The zero-order valence-electron chi connectivity index (χ0n) is 16.3. The number of carbonyl (C=O) groups excluding carboxylic acids is 1. The number of amides is 1. The lowest BCUT2D eigenvalue weighted by Gasteiger charge is -2.31. The number of rotatable bonds is 5. The first-order valence-corrected chi connectivity index (χ1v) is 10.2. The van der Waals surface area contributed by atoms with Crippen molar-refractivity contribution in [1.29, 1.82) is 0 Å². The van der Waals surface area contributed by atoms with Gasteiger partial charge in [-0.2, -0.15) is 0 Å². The van der Waals surface area contributed by atoms with Crippen LogP contribution in [-0.2, 0) is 17.9 Å². The quantitative estimate of drug-likeness (QED) is 0.490. The van der Waals surface area contributed by atoms with Gasteiger partial charge in [0.2, 0.25) is 5.91 Å². The van der Waals surface area contributed by atoms with Gasteiger partial charge in [0, 0.05) is 29.6 Å². The zero-order chi connectivity index (χ0) is 19.6. The molecule has 3 N–H and O–H groups in total. The fourth-order valence-electron chi connectivity index (χ4n) is 4.26. The number of nitrogens with one attached hydrogen (secondary N) is 3. The van der Waals surface area contributed by atoms with Gasteiger partial charge in [-0.3, -0.25) is 9.69 Å². The Kier molecular flexibility index (Phi) is 4.77. The molecule has 0 atom stereocenters. The number of likely N-dealkylation sites (tertiary alicyclic amines) is 1. The number of para-hydroxylation sites is 3. The highest BCUT2D eigenvalue weighted by Crippen LogP contribution is 2.23. The van der Waals surface area contributed by atoms with Crippen LogP contribution in [0.3, 0.4) is 0 Å². The third-order valence-electron chi connectivity index (χ3n) is 5.90. The summed E-state index contributed by atoms with van der Waals surface area (Å²) in [5.74, 6) is 1.02. The molecule has 5 rings (SSSR count). The summed E-state index contributed by atoms with van der Waals surface area (Å²) in [6.07, 6.45) is 3.90. The van der Waals surface area contributed by atoms with E-state index < -0.39 is 0 Å². The van der Waals surface area contributed by atoms with Crippen LogP contribution in [0.4, 0.5) is 0 Å². The number of fused-ring (bicyclic) bond motifs is 2. The molecule has 29 heavy (non-hydrogen) atoms. The van der Waals surface area contributed by atoms with Gasteiger partial charge in [-0.05, 0) is 49.7 Å². The minimum absolute atomic E-state index is 0.0820. The van der Waals surface area contributed by atoms with Crippen molar-refractivity contribution in [2.75, 3.05) is 13.1 Å². The molecule has 4 aromatic rings. The van der Waals surface area contributed by atoms with Crippen molar-refractivity contribution >= 4 is 27.8 Å². The second kappa shape index (κ2) is 7.72. The van der Waals surface area contributed by atoms with Crippen molar-refractivity contribution in [2.45, 2.75) is 25.9 Å². The van der Waals surface area contributed by atoms with Crippen LogP contribution in [0.15, 0.2) is 54.7 Å². The van der Waals surface area contributed by atoms with Gasteiger partial charge < -0.3 is 15.3 Å². The predicted molar refractivity (Wildman–Crippen MR) is 114 cm³/mol. The molecule has 0 saturated carbocycles. The second-order valence-corrected chi connectivity index (χ2v) is 7.83. The van der Waals surface area contributed by atoms with Crippen LogP contribution in [0, 0.1) is 5.92 Å². The minimum Gasteiger partial charge on any atom is -0.361 e. The number of aromatic amines is 2. The lowest BCUT2D eigenvalue weighted by molar-refractivity contribution is -0.126. The molecule has 0 aliphatic carbocycles. The number of hydrogen-bond donors (Lipinski definition) is 3. The van der Waals surface area contributed by atoms with E-state index in [2.05, 4.69) is 55.6 Å². The first-order chi connectivity index (χ1) is 14.3. The number of piperidine rings is 1. The first-order valence-electron chi connectivity index (χ1n) is 10.2. The third-order valence-corrected chi connectivity index (χ3v) is 5.90. The van der Waals surface area contributed by atoms with Crippen LogP contribution in [0.25, 0.3) is 21.9 Å². The summed E-state index contributed by atoms with van der Waals surface area (Å²) in [6.45, 7) is 3.27. The molecule has 6 heteroatoms. The van der Waals surface area contributed by atoms with Gasteiger partial charge in [0.1, 0.15) is 5.82 Å². The molecule has 0 unspecified atom stereocenters. The van der Waals surface area contributed by atoms with E-state index in [1.54, 1.807) is 0 Å². The van der Waals surface area contributed by atoms with Gasteiger partial charge in [0.25, 0.3) is 0 Å². The van der Waals surface area contributed by atoms with E-state index in [1.807, 2.05) is 24.3 Å². The van der Waals surface area contributed by atoms with Crippen molar-refractivity contribution in [1.82, 2.24) is 25.2 Å². The van der Waals surface area contributed by atoms with Gasteiger partial charge in [0.15, 0.2) is 0 Å². The SMILES string of the molecule is O=C(NCc1nc2ccccc2[nH]1)C1CCN(Cc2c[nH]c3ccccc23)CC1. The minimum atomic E-state index is 0.0820. The summed E-state index contributed by atoms with van der Waals surface area (Å²) < 4.78 is 0. The fourth-order valence-corrected chi connectivity index (χ4v) is 4.26. The summed E-state index contributed by atoms with van der Waals surface area (Å²) in [5, 5.41) is 4.35. The molecule has 2 aromatic heterocycles. The lowest BCUT2D eigenvalue weighted by Crippen LogP contribution is -2.40. The number of nitrogens with zero attached hydrogens (tertiary/aromatic N) is 2. The Morgan fingerprint density at radius 2 is 1.83 bits per heavy atom. The first kappa shape index (κ1) is 17.9. The van der Waals surface area contributed by atoms with E-state index in [-0.39, 0.29) is 11.8 Å². The van der Waals surface area contributed by atoms with E-state index >= 15 is 0 Å². The summed E-state index contributed by atoms with van der Waals surface area (Å²) in [4.78, 5) is 26.2. The maximum Gasteiger partial charge on any atom is 0.223 e. The highest BCUT2D eigenvalue weighted by atomic mass is 16.1. The summed E-state index contributed by atoms with van der Waals surface area (Å²) in [6, 6.07) is 16.3. The summed E-state index contributed by atoms with van der Waals surface area (Å²) in [5.41, 5.74) is 4.44. The predicted octanol–water partition coefficient (Wildman–Crippen LogP) is 3.57. The average molecular weight is 387 g/mol. The van der Waals surface area contributed by atoms with Crippen molar-refractivity contribution in [3.05, 3.63) is 66.1 Å². The van der Waals surface area contributed by atoms with Crippen LogP contribution in [0.2, 0.25) is 0 Å². The van der Waals surface area contributed by atoms with Crippen molar-refractivity contribution in [3.8, 4) is 0 Å². The Morgan fingerprint density at radius 3 is 2.66 bits per heavy atom. The number of benzene rings is 2. The van der Waals surface area contributed by atoms with E-state index in [1.165, 1.54) is 16.5 Å².